The quantitative estimate of drug-likeness (QED) is 0.342. The maximum Gasteiger partial charge on any atom is -0.0383 e. The van der Waals surface area contributed by atoms with Crippen molar-refractivity contribution in [2.45, 2.75) is 190 Å². The molecule has 212 valence electrons. The predicted octanol–water partition coefficient (Wildman–Crippen LogP) is 13.9. The fraction of sp³-hybridized carbons (Fsp3) is 1.00. The molecule has 0 spiro atoms. The second kappa shape index (κ2) is 36.6. The first-order chi connectivity index (χ1) is 14.4. The first-order valence-corrected chi connectivity index (χ1v) is 14.4. The summed E-state index contributed by atoms with van der Waals surface area (Å²) in [7, 11) is 0. The summed E-state index contributed by atoms with van der Waals surface area (Å²) in [4.78, 5) is 0. The second-order valence-electron chi connectivity index (χ2n) is 12.6. The molecule has 0 heteroatoms. The molecule has 0 amide bonds. The molecule has 0 aliphatic carbocycles. The maximum atomic E-state index is 2.34. The van der Waals surface area contributed by atoms with E-state index in [0.29, 0.717) is 10.8 Å². The van der Waals surface area contributed by atoms with Gasteiger partial charge in [-0.1, -0.05) is 184 Å². The van der Waals surface area contributed by atoms with Gasteiger partial charge in [0.25, 0.3) is 0 Å². The van der Waals surface area contributed by atoms with Crippen molar-refractivity contribution in [3.63, 3.8) is 0 Å². The average molecular weight is 477 g/mol. The summed E-state index contributed by atoms with van der Waals surface area (Å²) in [6.07, 6.45) is 10.8. The highest BCUT2D eigenvalue weighted by atomic mass is 14.1. The van der Waals surface area contributed by atoms with Crippen molar-refractivity contribution in [2.75, 3.05) is 0 Å². The number of hydrogen-bond donors (Lipinski definition) is 0. The molecule has 0 aromatic carbocycles. The van der Waals surface area contributed by atoms with Crippen LogP contribution in [0.1, 0.15) is 190 Å². The SMILES string of the molecule is C.CC.CC(C)(C)C.CC(C)C.CCC(C)CC.CCCC(C)(C)C.CCCC(C)CCC. The van der Waals surface area contributed by atoms with Crippen molar-refractivity contribution in [1.29, 1.82) is 0 Å². The van der Waals surface area contributed by atoms with Gasteiger partial charge in [-0.2, -0.15) is 0 Å². The van der Waals surface area contributed by atoms with E-state index in [1.807, 2.05) is 13.8 Å². The molecule has 0 aliphatic heterocycles. The molecule has 0 rings (SSSR count). The third-order valence-corrected chi connectivity index (χ3v) is 3.96. The van der Waals surface area contributed by atoms with E-state index in [1.54, 1.807) is 0 Å². The molecule has 0 aliphatic rings. The van der Waals surface area contributed by atoms with E-state index in [0.717, 1.165) is 17.8 Å². The smallest absolute Gasteiger partial charge is 0.0383 e. The van der Waals surface area contributed by atoms with Gasteiger partial charge in [0.15, 0.2) is 0 Å². The summed E-state index contributed by atoms with van der Waals surface area (Å²) < 4.78 is 0. The lowest BCUT2D eigenvalue weighted by Gasteiger charge is -2.15. The lowest BCUT2D eigenvalue weighted by Crippen LogP contribution is -2.02. The van der Waals surface area contributed by atoms with E-state index in [-0.39, 0.29) is 7.43 Å². The third-order valence-electron chi connectivity index (χ3n) is 3.96. The normalized spacial score (nSPS) is 10.0. The minimum Gasteiger partial charge on any atom is -0.0776 e. The van der Waals surface area contributed by atoms with E-state index < -0.39 is 0 Å². The first-order valence-electron chi connectivity index (χ1n) is 14.4. The van der Waals surface area contributed by atoms with Crippen LogP contribution in [-0.2, 0) is 0 Å². The topological polar surface area (TPSA) is 0 Å². The Balaban J connectivity index is -0.0000000507. The van der Waals surface area contributed by atoms with Gasteiger partial charge in [0.05, 0.1) is 0 Å². The van der Waals surface area contributed by atoms with Crippen LogP contribution < -0.4 is 0 Å². The van der Waals surface area contributed by atoms with Gasteiger partial charge in [-0.05, 0) is 35.0 Å². The van der Waals surface area contributed by atoms with Crippen LogP contribution >= 0.6 is 0 Å². The Kier molecular flexibility index (Phi) is 55.4. The Hall–Kier alpha value is 0. The zero-order chi connectivity index (χ0) is 27.4. The Bertz CT molecular complexity index is 242. The van der Waals surface area contributed by atoms with Crippen LogP contribution in [-0.4, -0.2) is 0 Å². The molecule has 0 saturated carbocycles. The largest absolute Gasteiger partial charge is 0.0776 e. The van der Waals surface area contributed by atoms with Gasteiger partial charge in [0.1, 0.15) is 0 Å². The molecule has 0 heterocycles. The van der Waals surface area contributed by atoms with Gasteiger partial charge in [-0.25, -0.2) is 0 Å². The van der Waals surface area contributed by atoms with Crippen molar-refractivity contribution in [3.05, 3.63) is 0 Å². The molecule has 0 unspecified atom stereocenters. The van der Waals surface area contributed by atoms with Crippen molar-refractivity contribution >= 4 is 0 Å². The lowest BCUT2D eigenvalue weighted by atomic mass is 9.91. The van der Waals surface area contributed by atoms with Crippen LogP contribution in [0.2, 0.25) is 0 Å². The molecular weight excluding hydrogens is 396 g/mol. The molecule has 33 heavy (non-hydrogen) atoms. The molecule has 0 nitrogen and oxygen atoms in total. The highest BCUT2D eigenvalue weighted by Crippen LogP contribution is 2.19. The van der Waals surface area contributed by atoms with Crippen LogP contribution in [0.4, 0.5) is 0 Å². The van der Waals surface area contributed by atoms with E-state index in [9.17, 15) is 0 Å². The standard InChI is InChI=1S/C8H18.C7H16.C6H14.C5H12.C4H10.C2H6.CH4/c1-4-6-8(3)7-5-2;1-5-6-7(2,3)4;1-4-6(3)5-2;1-5(2,3)4;1-4(2)3;1-2;/h8H,4-7H2,1-3H3;5-6H2,1-4H3;6H,4-5H2,1-3H3;1-4H3;4H,1-3H3;1-2H3;1H4. The fourth-order valence-corrected chi connectivity index (χ4v) is 2.17. The highest BCUT2D eigenvalue weighted by molar-refractivity contribution is 4.58. The second-order valence-corrected chi connectivity index (χ2v) is 12.6. The van der Waals surface area contributed by atoms with E-state index >= 15 is 0 Å². The number of hydrogen-bond acceptors (Lipinski definition) is 0. The Labute approximate surface area is 218 Å². The molecule has 0 aromatic heterocycles. The molecule has 0 atom stereocenters. The van der Waals surface area contributed by atoms with E-state index in [4.69, 9.17) is 0 Å². The third kappa shape index (κ3) is 147. The van der Waals surface area contributed by atoms with Gasteiger partial charge in [0.2, 0.25) is 0 Å². The minimum absolute atomic E-state index is 0. The van der Waals surface area contributed by atoms with Gasteiger partial charge in [0, 0.05) is 0 Å². The molecule has 0 bridgehead atoms. The molecule has 0 radical (unpaired) electrons. The van der Waals surface area contributed by atoms with Crippen LogP contribution in [0.15, 0.2) is 0 Å². The van der Waals surface area contributed by atoms with Crippen LogP contribution in [0.25, 0.3) is 0 Å². The van der Waals surface area contributed by atoms with E-state index in [1.165, 1.54) is 51.4 Å². The van der Waals surface area contributed by atoms with E-state index in [2.05, 4.69) is 118 Å². The van der Waals surface area contributed by atoms with Gasteiger partial charge >= 0.3 is 0 Å². The first kappa shape index (κ1) is 50.0. The average Bonchev–Trinajstić information content (AvgIpc) is 2.61. The monoisotopic (exact) mass is 477 g/mol. The van der Waals surface area contributed by atoms with Crippen molar-refractivity contribution in [3.8, 4) is 0 Å². The Morgan fingerprint density at radius 3 is 0.818 bits per heavy atom. The summed E-state index contributed by atoms with van der Waals surface area (Å²) in [6.45, 7) is 41.9. The Morgan fingerprint density at radius 2 is 0.758 bits per heavy atom. The van der Waals surface area contributed by atoms with Gasteiger partial charge < -0.3 is 0 Å². The maximum absolute atomic E-state index is 2.34. The lowest BCUT2D eigenvalue weighted by molar-refractivity contribution is 0.373. The highest BCUT2D eigenvalue weighted by Gasteiger charge is 2.06. The van der Waals surface area contributed by atoms with Gasteiger partial charge in [-0.15, -0.1) is 0 Å². The summed E-state index contributed by atoms with van der Waals surface area (Å²) >= 11 is 0. The van der Waals surface area contributed by atoms with Crippen molar-refractivity contribution < 1.29 is 0 Å². The van der Waals surface area contributed by atoms with Gasteiger partial charge in [-0.3, -0.25) is 0 Å². The predicted molar refractivity (Wildman–Crippen MR) is 167 cm³/mol. The molecule has 0 N–H and O–H groups in total. The minimum atomic E-state index is 0. The Morgan fingerprint density at radius 1 is 0.515 bits per heavy atom. The van der Waals surface area contributed by atoms with Crippen LogP contribution in [0.5, 0.6) is 0 Å². The zero-order valence-corrected chi connectivity index (χ0v) is 27.4. The van der Waals surface area contributed by atoms with Crippen LogP contribution in [0, 0.1) is 28.6 Å². The molecule has 0 aromatic rings. The summed E-state index contributed by atoms with van der Waals surface area (Å²) in [5.74, 6) is 2.73. The van der Waals surface area contributed by atoms with Crippen LogP contribution in [0.3, 0.4) is 0 Å². The fourth-order valence-electron chi connectivity index (χ4n) is 2.17. The van der Waals surface area contributed by atoms with Crippen molar-refractivity contribution in [1.82, 2.24) is 0 Å². The summed E-state index contributed by atoms with van der Waals surface area (Å²) in [6, 6.07) is 0. The molecule has 0 saturated heterocycles. The molecular formula is C33H80. The number of rotatable bonds is 7. The summed E-state index contributed by atoms with van der Waals surface area (Å²) in [5.41, 5.74) is 1.05. The molecule has 0 fully saturated rings. The zero-order valence-electron chi connectivity index (χ0n) is 27.4. The summed E-state index contributed by atoms with van der Waals surface area (Å²) in [5, 5.41) is 0. The van der Waals surface area contributed by atoms with Crippen molar-refractivity contribution in [2.24, 2.45) is 28.6 Å².